The first kappa shape index (κ1) is 19.2. The third kappa shape index (κ3) is 5.21. The molecule has 1 unspecified atom stereocenters. The van der Waals surface area contributed by atoms with Gasteiger partial charge in [0.1, 0.15) is 0 Å². The Labute approximate surface area is 163 Å². The molecule has 1 N–H and O–H groups in total. The predicted molar refractivity (Wildman–Crippen MR) is 116 cm³/mol. The Kier molecular flexibility index (Phi) is 6.67. The lowest BCUT2D eigenvalue weighted by atomic mass is 10.0. The van der Waals surface area contributed by atoms with E-state index in [1.54, 1.807) is 0 Å². The number of nitrogens with one attached hydrogen (secondary N) is 1. The highest BCUT2D eigenvalue weighted by atomic mass is 15.1. The monoisotopic (exact) mass is 358 g/mol. The van der Waals surface area contributed by atoms with Crippen LogP contribution in [0.2, 0.25) is 0 Å². The Morgan fingerprint density at radius 2 is 1.48 bits per heavy atom. The van der Waals surface area contributed by atoms with Gasteiger partial charge in [0.05, 0.1) is 0 Å². The van der Waals surface area contributed by atoms with Gasteiger partial charge in [-0.2, -0.15) is 0 Å². The SMILES string of the molecule is CCN(Cc1ccccc1)C(C)c1ccc(C)c(NCc2ccccc2)c1. The first-order valence-electron chi connectivity index (χ1n) is 9.83. The summed E-state index contributed by atoms with van der Waals surface area (Å²) in [4.78, 5) is 2.51. The molecule has 0 bridgehead atoms. The van der Waals surface area contributed by atoms with Crippen molar-refractivity contribution in [1.82, 2.24) is 4.90 Å². The van der Waals surface area contributed by atoms with Gasteiger partial charge in [0.25, 0.3) is 0 Å². The smallest absolute Gasteiger partial charge is 0.0400 e. The average Bonchev–Trinajstić information content (AvgIpc) is 2.72. The van der Waals surface area contributed by atoms with Gasteiger partial charge in [-0.1, -0.05) is 79.7 Å². The zero-order valence-electron chi connectivity index (χ0n) is 16.7. The minimum Gasteiger partial charge on any atom is -0.381 e. The molecule has 140 valence electrons. The summed E-state index contributed by atoms with van der Waals surface area (Å²) in [6.07, 6.45) is 0. The average molecular weight is 359 g/mol. The van der Waals surface area contributed by atoms with E-state index in [4.69, 9.17) is 0 Å². The Hall–Kier alpha value is -2.58. The van der Waals surface area contributed by atoms with E-state index in [-0.39, 0.29) is 0 Å². The summed E-state index contributed by atoms with van der Waals surface area (Å²) in [5.74, 6) is 0. The molecular weight excluding hydrogens is 328 g/mol. The van der Waals surface area contributed by atoms with E-state index in [2.05, 4.69) is 110 Å². The highest BCUT2D eigenvalue weighted by molar-refractivity contribution is 5.53. The molecule has 0 amide bonds. The van der Waals surface area contributed by atoms with Gasteiger partial charge in [-0.25, -0.2) is 0 Å². The molecule has 0 aliphatic heterocycles. The Bertz CT molecular complexity index is 827. The van der Waals surface area contributed by atoms with Crippen molar-refractivity contribution in [2.75, 3.05) is 11.9 Å². The molecule has 0 aromatic heterocycles. The van der Waals surface area contributed by atoms with Gasteiger partial charge in [0, 0.05) is 24.8 Å². The molecule has 2 nitrogen and oxygen atoms in total. The third-order valence-electron chi connectivity index (χ3n) is 5.25. The molecule has 27 heavy (non-hydrogen) atoms. The number of hydrogen-bond donors (Lipinski definition) is 1. The highest BCUT2D eigenvalue weighted by Crippen LogP contribution is 2.27. The molecule has 0 heterocycles. The molecule has 3 aromatic carbocycles. The summed E-state index contributed by atoms with van der Waals surface area (Å²) in [5.41, 5.74) is 6.52. The molecule has 0 saturated carbocycles. The van der Waals surface area contributed by atoms with Gasteiger partial charge >= 0.3 is 0 Å². The van der Waals surface area contributed by atoms with Crippen molar-refractivity contribution in [3.63, 3.8) is 0 Å². The standard InChI is InChI=1S/C25H30N2/c1-4-27(19-23-13-9-6-10-14-23)21(3)24-16-15-20(2)25(17-24)26-18-22-11-7-5-8-12-22/h5-17,21,26H,4,18-19H2,1-3H3. The minimum atomic E-state index is 0.369. The number of rotatable bonds is 8. The first-order valence-corrected chi connectivity index (χ1v) is 9.83. The molecule has 0 radical (unpaired) electrons. The van der Waals surface area contributed by atoms with Crippen LogP contribution in [0.4, 0.5) is 5.69 Å². The van der Waals surface area contributed by atoms with Gasteiger partial charge in [-0.3, -0.25) is 4.90 Å². The van der Waals surface area contributed by atoms with Crippen molar-refractivity contribution >= 4 is 5.69 Å². The van der Waals surface area contributed by atoms with Crippen molar-refractivity contribution in [1.29, 1.82) is 0 Å². The van der Waals surface area contributed by atoms with Gasteiger partial charge in [-0.15, -0.1) is 0 Å². The molecule has 0 aliphatic rings. The van der Waals surface area contributed by atoms with E-state index in [1.807, 2.05) is 0 Å². The molecule has 0 aliphatic carbocycles. The van der Waals surface area contributed by atoms with Crippen molar-refractivity contribution in [3.8, 4) is 0 Å². The number of nitrogens with zero attached hydrogens (tertiary/aromatic N) is 1. The predicted octanol–water partition coefficient (Wildman–Crippen LogP) is 6.19. The number of aryl methyl sites for hydroxylation is 1. The maximum absolute atomic E-state index is 3.61. The van der Waals surface area contributed by atoms with E-state index in [0.717, 1.165) is 19.6 Å². The molecular formula is C25H30N2. The van der Waals surface area contributed by atoms with Crippen LogP contribution in [0.5, 0.6) is 0 Å². The third-order valence-corrected chi connectivity index (χ3v) is 5.25. The second-order valence-electron chi connectivity index (χ2n) is 7.14. The van der Waals surface area contributed by atoms with E-state index in [0.29, 0.717) is 6.04 Å². The summed E-state index contributed by atoms with van der Waals surface area (Å²) < 4.78 is 0. The molecule has 2 heteroatoms. The van der Waals surface area contributed by atoms with Crippen molar-refractivity contribution in [3.05, 3.63) is 101 Å². The van der Waals surface area contributed by atoms with Gasteiger partial charge in [0.15, 0.2) is 0 Å². The Morgan fingerprint density at radius 1 is 0.852 bits per heavy atom. The lowest BCUT2D eigenvalue weighted by Gasteiger charge is -2.29. The molecule has 0 saturated heterocycles. The van der Waals surface area contributed by atoms with Crippen LogP contribution in [-0.4, -0.2) is 11.4 Å². The van der Waals surface area contributed by atoms with Crippen LogP contribution in [-0.2, 0) is 13.1 Å². The van der Waals surface area contributed by atoms with Gasteiger partial charge in [0.2, 0.25) is 0 Å². The molecule has 1 atom stereocenters. The maximum Gasteiger partial charge on any atom is 0.0400 e. The normalized spacial score (nSPS) is 12.1. The number of benzene rings is 3. The lowest BCUT2D eigenvalue weighted by Crippen LogP contribution is -2.26. The largest absolute Gasteiger partial charge is 0.381 e. The topological polar surface area (TPSA) is 15.3 Å². The van der Waals surface area contributed by atoms with Crippen LogP contribution < -0.4 is 5.32 Å². The fourth-order valence-corrected chi connectivity index (χ4v) is 3.43. The zero-order valence-corrected chi connectivity index (χ0v) is 16.7. The second kappa shape index (κ2) is 9.38. The van der Waals surface area contributed by atoms with E-state index in [1.165, 1.54) is 27.9 Å². The van der Waals surface area contributed by atoms with Gasteiger partial charge in [-0.05, 0) is 48.7 Å². The van der Waals surface area contributed by atoms with Crippen molar-refractivity contribution in [2.24, 2.45) is 0 Å². The van der Waals surface area contributed by atoms with Gasteiger partial charge < -0.3 is 5.32 Å². The molecule has 0 fully saturated rings. The van der Waals surface area contributed by atoms with E-state index >= 15 is 0 Å². The van der Waals surface area contributed by atoms with Crippen molar-refractivity contribution < 1.29 is 0 Å². The maximum atomic E-state index is 3.61. The second-order valence-corrected chi connectivity index (χ2v) is 7.14. The van der Waals surface area contributed by atoms with Crippen LogP contribution in [0.15, 0.2) is 78.9 Å². The van der Waals surface area contributed by atoms with Crippen molar-refractivity contribution in [2.45, 2.75) is 39.9 Å². The van der Waals surface area contributed by atoms with Crippen LogP contribution >= 0.6 is 0 Å². The van der Waals surface area contributed by atoms with E-state index in [9.17, 15) is 0 Å². The first-order chi connectivity index (χ1) is 13.2. The fourth-order valence-electron chi connectivity index (χ4n) is 3.43. The fraction of sp³-hybridized carbons (Fsp3) is 0.280. The molecule has 0 spiro atoms. The van der Waals surface area contributed by atoms with Crippen LogP contribution in [0.3, 0.4) is 0 Å². The van der Waals surface area contributed by atoms with E-state index < -0.39 is 0 Å². The van der Waals surface area contributed by atoms with Crippen LogP contribution in [0.25, 0.3) is 0 Å². The minimum absolute atomic E-state index is 0.369. The summed E-state index contributed by atoms with van der Waals surface area (Å²) in [5, 5.41) is 3.61. The molecule has 3 aromatic rings. The Morgan fingerprint density at radius 3 is 2.11 bits per heavy atom. The number of hydrogen-bond acceptors (Lipinski definition) is 2. The summed E-state index contributed by atoms with van der Waals surface area (Å²) in [6, 6.07) is 28.5. The van der Waals surface area contributed by atoms with Crippen LogP contribution in [0, 0.1) is 6.92 Å². The van der Waals surface area contributed by atoms with Crippen LogP contribution in [0.1, 0.15) is 42.1 Å². The quantitative estimate of drug-likeness (QED) is 0.516. The zero-order chi connectivity index (χ0) is 19.1. The summed E-state index contributed by atoms with van der Waals surface area (Å²) >= 11 is 0. The highest BCUT2D eigenvalue weighted by Gasteiger charge is 2.15. The molecule has 3 rings (SSSR count). The Balaban J connectivity index is 1.73. The summed E-state index contributed by atoms with van der Waals surface area (Å²) in [7, 11) is 0. The summed E-state index contributed by atoms with van der Waals surface area (Å²) in [6.45, 7) is 9.56. The lowest BCUT2D eigenvalue weighted by molar-refractivity contribution is 0.213. The number of anilines is 1.